The van der Waals surface area contributed by atoms with Gasteiger partial charge in [-0.15, -0.1) is 0 Å². The van der Waals surface area contributed by atoms with E-state index in [9.17, 15) is 0 Å². The summed E-state index contributed by atoms with van der Waals surface area (Å²) >= 11 is 2.12. The maximum absolute atomic E-state index is 6.15. The van der Waals surface area contributed by atoms with E-state index in [1.807, 2.05) is 0 Å². The topological polar surface area (TPSA) is 29.3 Å². The first-order chi connectivity index (χ1) is 7.08. The average Bonchev–Trinajstić information content (AvgIpc) is 2.63. The molecular weight excluding hydrogens is 204 g/mol. The van der Waals surface area contributed by atoms with Gasteiger partial charge in [0.05, 0.1) is 0 Å². The Morgan fingerprint density at radius 3 is 2.80 bits per heavy atom. The standard InChI is InChI=1S/C12H24N2S/c1-12(2)9-14(5-3-11(12)13)7-10-4-6-15-8-10/h10-11H,3-9,13H2,1-2H3. The summed E-state index contributed by atoms with van der Waals surface area (Å²) in [7, 11) is 0. The minimum absolute atomic E-state index is 0.310. The van der Waals surface area contributed by atoms with E-state index in [-0.39, 0.29) is 0 Å². The number of nitrogens with zero attached hydrogens (tertiary/aromatic N) is 1. The van der Waals surface area contributed by atoms with E-state index < -0.39 is 0 Å². The van der Waals surface area contributed by atoms with Gasteiger partial charge in [0, 0.05) is 19.1 Å². The quantitative estimate of drug-likeness (QED) is 0.781. The third-order valence-electron chi connectivity index (χ3n) is 3.93. The fraction of sp³-hybridized carbons (Fsp3) is 1.00. The van der Waals surface area contributed by atoms with Crippen LogP contribution in [0.4, 0.5) is 0 Å². The lowest BCUT2D eigenvalue weighted by Crippen LogP contribution is -2.53. The molecule has 2 nitrogen and oxygen atoms in total. The van der Waals surface area contributed by atoms with Crippen molar-refractivity contribution in [2.75, 3.05) is 31.1 Å². The van der Waals surface area contributed by atoms with Crippen molar-refractivity contribution in [1.82, 2.24) is 4.90 Å². The van der Waals surface area contributed by atoms with Gasteiger partial charge in [-0.25, -0.2) is 0 Å². The summed E-state index contributed by atoms with van der Waals surface area (Å²) in [6, 6.07) is 0.395. The van der Waals surface area contributed by atoms with E-state index in [2.05, 4.69) is 30.5 Å². The second-order valence-electron chi connectivity index (χ2n) is 5.85. The van der Waals surface area contributed by atoms with Crippen LogP contribution in [-0.4, -0.2) is 42.1 Å². The molecular formula is C12H24N2S. The first kappa shape index (κ1) is 11.7. The smallest absolute Gasteiger partial charge is 0.0115 e. The van der Waals surface area contributed by atoms with Crippen LogP contribution in [0.25, 0.3) is 0 Å². The van der Waals surface area contributed by atoms with Crippen molar-refractivity contribution in [3.05, 3.63) is 0 Å². The summed E-state index contributed by atoms with van der Waals surface area (Å²) in [6.07, 6.45) is 2.60. The van der Waals surface area contributed by atoms with Gasteiger partial charge in [0.2, 0.25) is 0 Å². The Labute approximate surface area is 98.0 Å². The molecule has 2 aliphatic heterocycles. The normalized spacial score (nSPS) is 37.0. The number of rotatable bonds is 2. The number of nitrogens with two attached hydrogens (primary N) is 1. The van der Waals surface area contributed by atoms with Gasteiger partial charge in [0.15, 0.2) is 0 Å². The monoisotopic (exact) mass is 228 g/mol. The van der Waals surface area contributed by atoms with Gasteiger partial charge < -0.3 is 10.6 Å². The zero-order valence-electron chi connectivity index (χ0n) is 10.0. The van der Waals surface area contributed by atoms with Crippen LogP contribution in [0.1, 0.15) is 26.7 Å². The van der Waals surface area contributed by atoms with E-state index in [0.717, 1.165) is 5.92 Å². The maximum Gasteiger partial charge on any atom is 0.0115 e. The van der Waals surface area contributed by atoms with Crippen molar-refractivity contribution in [2.45, 2.75) is 32.7 Å². The van der Waals surface area contributed by atoms with Crippen LogP contribution in [0.5, 0.6) is 0 Å². The lowest BCUT2D eigenvalue weighted by molar-refractivity contribution is 0.0850. The molecule has 2 rings (SSSR count). The number of hydrogen-bond acceptors (Lipinski definition) is 3. The van der Waals surface area contributed by atoms with E-state index in [4.69, 9.17) is 5.73 Å². The fourth-order valence-electron chi connectivity index (χ4n) is 2.73. The van der Waals surface area contributed by atoms with Crippen molar-refractivity contribution in [2.24, 2.45) is 17.1 Å². The van der Waals surface area contributed by atoms with Crippen LogP contribution in [-0.2, 0) is 0 Å². The molecule has 15 heavy (non-hydrogen) atoms. The SMILES string of the molecule is CC1(C)CN(CC2CCSC2)CCC1N. The fourth-order valence-corrected chi connectivity index (χ4v) is 4.01. The highest BCUT2D eigenvalue weighted by molar-refractivity contribution is 7.99. The number of likely N-dealkylation sites (tertiary alicyclic amines) is 1. The van der Waals surface area contributed by atoms with E-state index in [1.54, 1.807) is 0 Å². The minimum atomic E-state index is 0.310. The molecule has 2 unspecified atom stereocenters. The van der Waals surface area contributed by atoms with Crippen LogP contribution in [0.3, 0.4) is 0 Å². The largest absolute Gasteiger partial charge is 0.327 e. The van der Waals surface area contributed by atoms with Gasteiger partial charge in [0.1, 0.15) is 0 Å². The molecule has 2 aliphatic rings. The second kappa shape index (κ2) is 4.64. The number of piperidine rings is 1. The Hall–Kier alpha value is 0.270. The summed E-state index contributed by atoms with van der Waals surface area (Å²) in [5.74, 6) is 3.70. The van der Waals surface area contributed by atoms with Crippen LogP contribution in [0.15, 0.2) is 0 Å². The number of thioether (sulfide) groups is 1. The molecule has 0 aliphatic carbocycles. The van der Waals surface area contributed by atoms with Crippen molar-refractivity contribution in [3.8, 4) is 0 Å². The Balaban J connectivity index is 1.83. The van der Waals surface area contributed by atoms with Gasteiger partial charge >= 0.3 is 0 Å². The first-order valence-corrected chi connectivity index (χ1v) is 7.29. The lowest BCUT2D eigenvalue weighted by atomic mass is 9.79. The Bertz CT molecular complexity index is 212. The van der Waals surface area contributed by atoms with Crippen LogP contribution >= 0.6 is 11.8 Å². The van der Waals surface area contributed by atoms with Gasteiger partial charge in [0.25, 0.3) is 0 Å². The molecule has 0 radical (unpaired) electrons. The molecule has 0 aromatic heterocycles. The third-order valence-corrected chi connectivity index (χ3v) is 5.16. The molecule has 3 heteroatoms. The highest BCUT2D eigenvalue weighted by Gasteiger charge is 2.34. The van der Waals surface area contributed by atoms with E-state index >= 15 is 0 Å². The molecule has 2 heterocycles. The highest BCUT2D eigenvalue weighted by atomic mass is 32.2. The van der Waals surface area contributed by atoms with Crippen molar-refractivity contribution >= 4 is 11.8 Å². The molecule has 2 atom stereocenters. The molecule has 2 fully saturated rings. The zero-order valence-corrected chi connectivity index (χ0v) is 10.9. The van der Waals surface area contributed by atoms with Crippen LogP contribution in [0.2, 0.25) is 0 Å². The molecule has 88 valence electrons. The van der Waals surface area contributed by atoms with Gasteiger partial charge in [-0.1, -0.05) is 13.8 Å². The third kappa shape index (κ3) is 2.89. The minimum Gasteiger partial charge on any atom is -0.327 e. The molecule has 0 amide bonds. The Morgan fingerprint density at radius 2 is 2.20 bits per heavy atom. The zero-order chi connectivity index (χ0) is 10.9. The molecule has 0 spiro atoms. The highest BCUT2D eigenvalue weighted by Crippen LogP contribution is 2.30. The Kier molecular flexibility index (Phi) is 3.63. The Morgan fingerprint density at radius 1 is 1.40 bits per heavy atom. The van der Waals surface area contributed by atoms with Gasteiger partial charge in [-0.3, -0.25) is 0 Å². The van der Waals surface area contributed by atoms with Crippen LogP contribution < -0.4 is 5.73 Å². The summed E-state index contributed by atoms with van der Waals surface area (Å²) in [5.41, 5.74) is 6.46. The molecule has 0 aromatic carbocycles. The average molecular weight is 228 g/mol. The molecule has 0 aromatic rings. The van der Waals surface area contributed by atoms with E-state index in [0.29, 0.717) is 11.5 Å². The molecule has 2 N–H and O–H groups in total. The van der Waals surface area contributed by atoms with Crippen molar-refractivity contribution < 1.29 is 0 Å². The van der Waals surface area contributed by atoms with Crippen molar-refractivity contribution in [1.29, 1.82) is 0 Å². The predicted octanol–water partition coefficient (Wildman–Crippen LogP) is 1.80. The summed E-state index contributed by atoms with van der Waals surface area (Å²) in [6.45, 7) is 8.34. The lowest BCUT2D eigenvalue weighted by Gasteiger charge is -2.43. The van der Waals surface area contributed by atoms with Gasteiger partial charge in [-0.05, 0) is 42.2 Å². The second-order valence-corrected chi connectivity index (χ2v) is 7.00. The molecule has 0 bridgehead atoms. The summed E-state index contributed by atoms with van der Waals surface area (Å²) in [5, 5.41) is 0. The van der Waals surface area contributed by atoms with E-state index in [1.165, 1.54) is 44.0 Å². The van der Waals surface area contributed by atoms with Crippen molar-refractivity contribution in [3.63, 3.8) is 0 Å². The maximum atomic E-state index is 6.15. The molecule has 0 saturated carbocycles. The predicted molar refractivity (Wildman–Crippen MR) is 68.2 cm³/mol. The van der Waals surface area contributed by atoms with Crippen LogP contribution in [0, 0.1) is 11.3 Å². The summed E-state index contributed by atoms with van der Waals surface area (Å²) < 4.78 is 0. The summed E-state index contributed by atoms with van der Waals surface area (Å²) in [4.78, 5) is 2.64. The first-order valence-electron chi connectivity index (χ1n) is 6.13. The number of hydrogen-bond donors (Lipinski definition) is 1. The van der Waals surface area contributed by atoms with Gasteiger partial charge in [-0.2, -0.15) is 11.8 Å². The molecule has 2 saturated heterocycles.